The molecule has 1 fully saturated rings. The van der Waals surface area contributed by atoms with Gasteiger partial charge in [0, 0.05) is 54.2 Å². The van der Waals surface area contributed by atoms with Crippen LogP contribution >= 0.6 is 11.6 Å². The number of halogens is 4. The van der Waals surface area contributed by atoms with E-state index in [1.54, 1.807) is 18.2 Å². The van der Waals surface area contributed by atoms with Gasteiger partial charge in [-0.05, 0) is 37.1 Å². The molecule has 35 heavy (non-hydrogen) atoms. The molecule has 2 amide bonds. The molecule has 2 heterocycles. The van der Waals surface area contributed by atoms with Gasteiger partial charge in [-0.1, -0.05) is 16.8 Å². The van der Waals surface area contributed by atoms with Crippen molar-refractivity contribution in [2.75, 3.05) is 4.90 Å². The second-order valence-electron chi connectivity index (χ2n) is 8.15. The molecule has 3 aromatic rings. The lowest BCUT2D eigenvalue weighted by Gasteiger charge is -2.34. The first-order chi connectivity index (χ1) is 16.7. The van der Waals surface area contributed by atoms with E-state index < -0.39 is 35.5 Å². The molecule has 0 unspecified atom stereocenters. The summed E-state index contributed by atoms with van der Waals surface area (Å²) in [6.07, 6.45) is 4.74. The molecule has 4 rings (SSSR count). The summed E-state index contributed by atoms with van der Waals surface area (Å²) >= 11 is 5.52. The van der Waals surface area contributed by atoms with Crippen LogP contribution in [-0.4, -0.2) is 44.5 Å². The maximum Gasteiger partial charge on any atom is 0.278 e. The number of benzene rings is 1. The van der Waals surface area contributed by atoms with E-state index in [4.69, 9.17) is 16.1 Å². The Kier molecular flexibility index (Phi) is 7.34. The van der Waals surface area contributed by atoms with Gasteiger partial charge in [-0.25, -0.2) is 23.1 Å². The molecule has 1 N–H and O–H groups in total. The van der Waals surface area contributed by atoms with Crippen molar-refractivity contribution in [2.45, 2.75) is 49.3 Å². The van der Waals surface area contributed by atoms with Crippen molar-refractivity contribution in [3.05, 3.63) is 60.8 Å². The summed E-state index contributed by atoms with van der Waals surface area (Å²) in [7, 11) is 0. The molecule has 1 aliphatic carbocycles. The van der Waals surface area contributed by atoms with Gasteiger partial charge in [0.15, 0.2) is 5.76 Å². The number of amides is 2. The lowest BCUT2D eigenvalue weighted by molar-refractivity contribution is -0.128. The maximum absolute atomic E-state index is 14.1. The van der Waals surface area contributed by atoms with Gasteiger partial charge in [0.25, 0.3) is 11.5 Å². The van der Waals surface area contributed by atoms with Gasteiger partial charge in [0.2, 0.25) is 11.8 Å². The lowest BCUT2D eigenvalue weighted by Crippen LogP contribution is -2.49. The van der Waals surface area contributed by atoms with Gasteiger partial charge in [0.1, 0.15) is 12.4 Å². The highest BCUT2D eigenvalue weighted by molar-refractivity contribution is 6.32. The highest BCUT2D eigenvalue weighted by Crippen LogP contribution is 2.35. The van der Waals surface area contributed by atoms with E-state index >= 15 is 0 Å². The summed E-state index contributed by atoms with van der Waals surface area (Å²) in [5.41, 5.74) is -1.46. The van der Waals surface area contributed by atoms with Crippen LogP contribution in [0.2, 0.25) is 0 Å². The van der Waals surface area contributed by atoms with E-state index in [1.165, 1.54) is 37.1 Å². The minimum atomic E-state index is -2.78. The van der Waals surface area contributed by atoms with Gasteiger partial charge in [0.05, 0.1) is 6.20 Å². The summed E-state index contributed by atoms with van der Waals surface area (Å²) in [5.74, 6) is -4.19. The Morgan fingerprint density at radius 3 is 2.34 bits per heavy atom. The first-order valence-corrected chi connectivity index (χ1v) is 11.2. The molecule has 184 valence electrons. The maximum atomic E-state index is 14.1. The number of nitrogens with one attached hydrogen (secondary N) is 1. The van der Waals surface area contributed by atoms with Crippen molar-refractivity contribution in [3.8, 4) is 11.3 Å². The van der Waals surface area contributed by atoms with Crippen LogP contribution in [0.1, 0.15) is 37.3 Å². The molecule has 0 saturated heterocycles. The Bertz CT molecular complexity index is 1140. The van der Waals surface area contributed by atoms with E-state index in [0.717, 1.165) is 4.90 Å². The average molecular weight is 508 g/mol. The zero-order chi connectivity index (χ0) is 25.0. The Labute approximate surface area is 203 Å². The van der Waals surface area contributed by atoms with Crippen LogP contribution < -0.4 is 10.2 Å². The highest BCUT2D eigenvalue weighted by Gasteiger charge is 2.39. The molecule has 0 aliphatic heterocycles. The Morgan fingerprint density at radius 1 is 1.11 bits per heavy atom. The van der Waals surface area contributed by atoms with Gasteiger partial charge in [-0.2, -0.15) is 0 Å². The fraction of sp³-hybridized carbons (Fsp3) is 0.348. The normalized spacial score (nSPS) is 17.4. The average Bonchev–Trinajstić information content (AvgIpc) is 3.39. The number of nitrogens with zero attached hydrogens (tertiary/aromatic N) is 4. The van der Waals surface area contributed by atoms with Crippen LogP contribution in [0.15, 0.2) is 59.8 Å². The molecule has 1 aromatic carbocycles. The van der Waals surface area contributed by atoms with E-state index in [1.807, 2.05) is 0 Å². The van der Waals surface area contributed by atoms with Crippen LogP contribution in [-0.2, 0) is 9.59 Å². The fourth-order valence-electron chi connectivity index (χ4n) is 3.99. The predicted molar refractivity (Wildman–Crippen MR) is 120 cm³/mol. The molecule has 1 aliphatic rings. The number of hydrogen-bond acceptors (Lipinski definition) is 6. The number of hydrogen-bond donors (Lipinski definition) is 1. The van der Waals surface area contributed by atoms with Gasteiger partial charge in [-0.3, -0.25) is 14.5 Å². The minimum Gasteiger partial charge on any atom is -0.356 e. The smallest absolute Gasteiger partial charge is 0.278 e. The molecule has 0 bridgehead atoms. The largest absolute Gasteiger partial charge is 0.356 e. The number of aromatic nitrogens is 3. The Balaban J connectivity index is 1.68. The first-order valence-electron chi connectivity index (χ1n) is 10.8. The summed E-state index contributed by atoms with van der Waals surface area (Å²) < 4.78 is 46.4. The third-order valence-electron chi connectivity index (χ3n) is 5.76. The Morgan fingerprint density at radius 2 is 1.77 bits per heavy atom. The monoisotopic (exact) mass is 507 g/mol. The molecule has 2 atom stereocenters. The summed E-state index contributed by atoms with van der Waals surface area (Å²) in [6.45, 7) is 0. The molecular weight excluding hydrogens is 487 g/mol. The van der Waals surface area contributed by atoms with Crippen molar-refractivity contribution >= 4 is 29.1 Å². The lowest BCUT2D eigenvalue weighted by atomic mass is 9.92. The second kappa shape index (κ2) is 10.4. The topological polar surface area (TPSA) is 101 Å². The third kappa shape index (κ3) is 5.79. The van der Waals surface area contributed by atoms with Crippen molar-refractivity contribution in [3.63, 3.8) is 0 Å². The number of alkyl halides is 4. The van der Waals surface area contributed by atoms with E-state index in [9.17, 15) is 22.8 Å². The van der Waals surface area contributed by atoms with Gasteiger partial charge < -0.3 is 9.84 Å². The van der Waals surface area contributed by atoms with E-state index in [-0.39, 0.29) is 36.9 Å². The van der Waals surface area contributed by atoms with Crippen molar-refractivity contribution < 1.29 is 27.3 Å². The third-order valence-corrected chi connectivity index (χ3v) is 5.94. The number of rotatable bonds is 7. The van der Waals surface area contributed by atoms with Crippen LogP contribution in [0.3, 0.4) is 0 Å². The Hall–Kier alpha value is -3.47. The number of carbonyl (C=O) groups is 2. The molecule has 0 spiro atoms. The molecule has 2 aromatic heterocycles. The van der Waals surface area contributed by atoms with Gasteiger partial charge >= 0.3 is 0 Å². The SMILES string of the molecule is O=C(NC1CCC(F)(F)CC1)[C@@H](c1cncnc1)N(C(=O)[C@H](F)Cl)c1ccc(-c2ccno2)cc1. The zero-order valence-corrected chi connectivity index (χ0v) is 19.0. The minimum absolute atomic E-state index is 0.0673. The zero-order valence-electron chi connectivity index (χ0n) is 18.3. The van der Waals surface area contributed by atoms with Crippen molar-refractivity contribution in [1.29, 1.82) is 0 Å². The van der Waals surface area contributed by atoms with E-state index in [0.29, 0.717) is 11.3 Å². The standard InChI is InChI=1S/C23H21ClF3N5O3/c24-20(25)22(34)32(17-3-1-14(2-4-17)18-7-10-30-35-18)19(15-11-28-13-29-12-15)21(33)31-16-5-8-23(26,27)9-6-16/h1-4,7,10-13,16,19-20H,5-6,8-9H2,(H,31,33)/t19-,20+/m1/s1. The second-order valence-corrected chi connectivity index (χ2v) is 8.53. The molecule has 1 saturated carbocycles. The predicted octanol–water partition coefficient (Wildman–Crippen LogP) is 4.43. The molecule has 12 heteroatoms. The summed E-state index contributed by atoms with van der Waals surface area (Å²) in [5, 5.41) is 6.37. The molecular formula is C23H21ClF3N5O3. The van der Waals surface area contributed by atoms with Crippen LogP contribution in [0.25, 0.3) is 11.3 Å². The molecule has 8 nitrogen and oxygen atoms in total. The fourth-order valence-corrected chi connectivity index (χ4v) is 4.10. The highest BCUT2D eigenvalue weighted by atomic mass is 35.5. The number of anilines is 1. The van der Waals surface area contributed by atoms with Crippen LogP contribution in [0.5, 0.6) is 0 Å². The summed E-state index contributed by atoms with van der Waals surface area (Å²) in [6, 6.07) is 5.92. The van der Waals surface area contributed by atoms with Crippen LogP contribution in [0, 0.1) is 0 Å². The molecule has 0 radical (unpaired) electrons. The van der Waals surface area contributed by atoms with Crippen LogP contribution in [0.4, 0.5) is 18.9 Å². The number of carbonyl (C=O) groups excluding carboxylic acids is 2. The first kappa shape index (κ1) is 24.6. The van der Waals surface area contributed by atoms with Crippen molar-refractivity contribution in [2.24, 2.45) is 0 Å². The van der Waals surface area contributed by atoms with E-state index in [2.05, 4.69) is 20.4 Å². The van der Waals surface area contributed by atoms with Crippen molar-refractivity contribution in [1.82, 2.24) is 20.4 Å². The summed E-state index contributed by atoms with van der Waals surface area (Å²) in [4.78, 5) is 35.1. The quantitative estimate of drug-likeness (QED) is 0.475. The van der Waals surface area contributed by atoms with Gasteiger partial charge in [-0.15, -0.1) is 0 Å².